The molecule has 0 saturated carbocycles. The Morgan fingerprint density at radius 1 is 1.19 bits per heavy atom. The van der Waals surface area contributed by atoms with E-state index in [1.807, 2.05) is 29.8 Å². The van der Waals surface area contributed by atoms with Crippen LogP contribution in [0.2, 0.25) is 0 Å². The molecule has 8 nitrogen and oxygen atoms in total. The molecule has 1 unspecified atom stereocenters. The molecule has 0 aliphatic carbocycles. The Morgan fingerprint density at radius 3 is 2.81 bits per heavy atom. The summed E-state index contributed by atoms with van der Waals surface area (Å²) in [5.74, 6) is 1.99. The van der Waals surface area contributed by atoms with Crippen LogP contribution in [0.25, 0.3) is 22.0 Å². The molecule has 4 heterocycles. The van der Waals surface area contributed by atoms with Crippen LogP contribution in [0.15, 0.2) is 27.9 Å². The molecule has 0 saturated heterocycles. The number of aliphatic imine (C=N–C) groups is 1. The van der Waals surface area contributed by atoms with Gasteiger partial charge in [0.1, 0.15) is 16.4 Å². The predicted molar refractivity (Wildman–Crippen MR) is 129 cm³/mol. The number of anilines is 1. The van der Waals surface area contributed by atoms with Gasteiger partial charge in [0, 0.05) is 58.3 Å². The van der Waals surface area contributed by atoms with Crippen molar-refractivity contribution in [1.82, 2.24) is 20.3 Å². The standard InChI is InChI=1S/C20H24N6O2S3/c1-13-14(5-6-17(23-13)28-9-4-10-31(2)27)18-24-15(11-29-18)16-12-30-20(25-16)26-19-21-7-3-8-22-19/h5-6,11-12H,3-4,7-10H2,1-2H3,(H2,21,22,25,26). The predicted octanol–water partition coefficient (Wildman–Crippen LogP) is 3.55. The number of rotatable bonds is 8. The van der Waals surface area contributed by atoms with Crippen molar-refractivity contribution in [3.05, 3.63) is 28.6 Å². The number of hydrogen-bond donors (Lipinski definition) is 2. The Balaban J connectivity index is 1.41. The van der Waals surface area contributed by atoms with E-state index in [0.29, 0.717) is 18.2 Å². The lowest BCUT2D eigenvalue weighted by Gasteiger charge is -2.13. The van der Waals surface area contributed by atoms with Gasteiger partial charge in [-0.2, -0.15) is 0 Å². The van der Waals surface area contributed by atoms with Crippen molar-refractivity contribution < 1.29 is 8.95 Å². The van der Waals surface area contributed by atoms with Crippen LogP contribution in [-0.4, -0.2) is 56.8 Å². The van der Waals surface area contributed by atoms with E-state index in [2.05, 4.69) is 25.6 Å². The molecule has 31 heavy (non-hydrogen) atoms. The number of aryl methyl sites for hydroxylation is 1. The maximum Gasteiger partial charge on any atom is 0.213 e. The highest BCUT2D eigenvalue weighted by atomic mass is 32.2. The van der Waals surface area contributed by atoms with Crippen LogP contribution in [0.4, 0.5) is 5.13 Å². The zero-order valence-electron chi connectivity index (χ0n) is 17.4. The molecule has 0 fully saturated rings. The van der Waals surface area contributed by atoms with Crippen LogP contribution in [-0.2, 0) is 10.8 Å². The van der Waals surface area contributed by atoms with Gasteiger partial charge in [0.2, 0.25) is 5.88 Å². The third kappa shape index (κ3) is 5.86. The SMILES string of the molecule is Cc1nc(OCCCS(C)=O)ccc1-c1nc(-c2csc(NC3=NCCCN3)n2)cs1. The molecule has 0 radical (unpaired) electrons. The lowest BCUT2D eigenvalue weighted by molar-refractivity contribution is 0.305. The fourth-order valence-corrected chi connectivity index (χ4v) is 5.08. The first-order valence-electron chi connectivity index (χ1n) is 9.96. The number of pyridine rings is 1. The molecular weight excluding hydrogens is 452 g/mol. The first-order valence-corrected chi connectivity index (χ1v) is 13.4. The molecule has 3 aromatic rings. The van der Waals surface area contributed by atoms with Crippen molar-refractivity contribution >= 4 is 44.6 Å². The summed E-state index contributed by atoms with van der Waals surface area (Å²) in [6, 6.07) is 3.84. The van der Waals surface area contributed by atoms with E-state index in [0.717, 1.165) is 64.7 Å². The monoisotopic (exact) mass is 476 g/mol. The molecule has 164 valence electrons. The van der Waals surface area contributed by atoms with Crippen molar-refractivity contribution in [2.45, 2.75) is 19.8 Å². The van der Waals surface area contributed by atoms with E-state index in [1.54, 1.807) is 17.6 Å². The lowest BCUT2D eigenvalue weighted by atomic mass is 10.2. The van der Waals surface area contributed by atoms with Gasteiger partial charge < -0.3 is 15.4 Å². The summed E-state index contributed by atoms with van der Waals surface area (Å²) in [7, 11) is -0.795. The van der Waals surface area contributed by atoms with Gasteiger partial charge in [0.05, 0.1) is 12.3 Å². The third-order valence-electron chi connectivity index (χ3n) is 4.51. The number of hydrogen-bond acceptors (Lipinski definition) is 10. The van der Waals surface area contributed by atoms with Crippen molar-refractivity contribution in [2.75, 3.05) is 37.0 Å². The molecule has 0 spiro atoms. The third-order valence-corrected chi connectivity index (χ3v) is 7.01. The van der Waals surface area contributed by atoms with Crippen molar-refractivity contribution in [3.8, 4) is 27.8 Å². The molecular formula is C20H24N6O2S3. The quantitative estimate of drug-likeness (QED) is 0.480. The van der Waals surface area contributed by atoms with E-state index in [1.165, 1.54) is 11.3 Å². The summed E-state index contributed by atoms with van der Waals surface area (Å²) in [5.41, 5.74) is 3.52. The summed E-state index contributed by atoms with van der Waals surface area (Å²) in [4.78, 5) is 18.4. The average Bonchev–Trinajstić information content (AvgIpc) is 3.42. The Hall–Kier alpha value is -2.37. The fraction of sp³-hybridized carbons (Fsp3) is 0.400. The van der Waals surface area contributed by atoms with Gasteiger partial charge in [-0.05, 0) is 25.8 Å². The molecule has 1 aliphatic heterocycles. The largest absolute Gasteiger partial charge is 0.478 e. The number of thiazole rings is 2. The van der Waals surface area contributed by atoms with E-state index in [-0.39, 0.29) is 0 Å². The lowest BCUT2D eigenvalue weighted by Crippen LogP contribution is -2.35. The first-order chi connectivity index (χ1) is 15.1. The minimum absolute atomic E-state index is 0.509. The van der Waals surface area contributed by atoms with Crippen molar-refractivity contribution in [1.29, 1.82) is 0 Å². The van der Waals surface area contributed by atoms with Crippen molar-refractivity contribution in [3.63, 3.8) is 0 Å². The Morgan fingerprint density at radius 2 is 2.03 bits per heavy atom. The summed E-state index contributed by atoms with van der Waals surface area (Å²) in [6.45, 7) is 4.22. The Labute approximate surface area is 191 Å². The topological polar surface area (TPSA) is 101 Å². The molecule has 4 rings (SSSR count). The summed E-state index contributed by atoms with van der Waals surface area (Å²) < 4.78 is 16.8. The van der Waals surface area contributed by atoms with Gasteiger partial charge in [0.25, 0.3) is 0 Å². The molecule has 3 aromatic heterocycles. The number of nitrogens with one attached hydrogen (secondary N) is 2. The van der Waals surface area contributed by atoms with Crippen LogP contribution in [0.5, 0.6) is 5.88 Å². The van der Waals surface area contributed by atoms with Crippen LogP contribution < -0.4 is 15.4 Å². The van der Waals surface area contributed by atoms with E-state index >= 15 is 0 Å². The second kappa shape index (κ2) is 10.3. The van der Waals surface area contributed by atoms with E-state index in [4.69, 9.17) is 9.72 Å². The van der Waals surface area contributed by atoms with Crippen LogP contribution >= 0.6 is 22.7 Å². The van der Waals surface area contributed by atoms with Crippen LogP contribution in [0.3, 0.4) is 0 Å². The Bertz CT molecular complexity index is 1090. The van der Waals surface area contributed by atoms with E-state index in [9.17, 15) is 4.21 Å². The molecule has 0 bridgehead atoms. The van der Waals surface area contributed by atoms with E-state index < -0.39 is 10.8 Å². The number of aromatic nitrogens is 3. The minimum atomic E-state index is -0.795. The smallest absolute Gasteiger partial charge is 0.213 e. The maximum atomic E-state index is 11.1. The highest BCUT2D eigenvalue weighted by Gasteiger charge is 2.14. The van der Waals surface area contributed by atoms with Gasteiger partial charge >= 0.3 is 0 Å². The second-order valence-corrected chi connectivity index (χ2v) is 10.2. The molecule has 1 aliphatic rings. The van der Waals surface area contributed by atoms with Gasteiger partial charge in [-0.1, -0.05) is 0 Å². The highest BCUT2D eigenvalue weighted by molar-refractivity contribution is 7.84. The molecule has 2 N–H and O–H groups in total. The second-order valence-electron chi connectivity index (χ2n) is 6.97. The number of ether oxygens (including phenoxy) is 1. The molecule has 1 atom stereocenters. The molecule has 0 aromatic carbocycles. The first kappa shape index (κ1) is 21.8. The zero-order valence-corrected chi connectivity index (χ0v) is 19.8. The summed E-state index contributed by atoms with van der Waals surface area (Å²) in [6.07, 6.45) is 3.50. The normalized spacial score (nSPS) is 14.6. The van der Waals surface area contributed by atoms with Crippen molar-refractivity contribution in [2.24, 2.45) is 4.99 Å². The maximum absolute atomic E-state index is 11.1. The molecule has 0 amide bonds. The summed E-state index contributed by atoms with van der Waals surface area (Å²) in [5, 5.41) is 12.2. The highest BCUT2D eigenvalue weighted by Crippen LogP contribution is 2.32. The fourth-order valence-electron chi connectivity index (χ4n) is 2.96. The minimum Gasteiger partial charge on any atom is -0.478 e. The van der Waals surface area contributed by atoms with Crippen LogP contribution in [0.1, 0.15) is 18.5 Å². The van der Waals surface area contributed by atoms with Gasteiger partial charge in [-0.25, -0.2) is 15.0 Å². The van der Waals surface area contributed by atoms with Gasteiger partial charge in [-0.15, -0.1) is 22.7 Å². The van der Waals surface area contributed by atoms with Gasteiger partial charge in [-0.3, -0.25) is 9.20 Å². The number of nitrogens with zero attached hydrogens (tertiary/aromatic N) is 4. The number of guanidine groups is 1. The van der Waals surface area contributed by atoms with Crippen LogP contribution in [0, 0.1) is 6.92 Å². The molecule has 11 heteroatoms. The summed E-state index contributed by atoms with van der Waals surface area (Å²) >= 11 is 3.10. The average molecular weight is 477 g/mol. The Kier molecular flexibility index (Phi) is 7.25. The van der Waals surface area contributed by atoms with Gasteiger partial charge in [0.15, 0.2) is 11.1 Å². The zero-order chi connectivity index (χ0) is 21.6.